The van der Waals surface area contributed by atoms with Crippen LogP contribution in [0.1, 0.15) is 33.1 Å². The van der Waals surface area contributed by atoms with E-state index in [1.54, 1.807) is 6.08 Å². The van der Waals surface area contributed by atoms with E-state index in [4.69, 9.17) is 0 Å². The Morgan fingerprint density at radius 3 is 2.60 bits per heavy atom. The fourth-order valence-corrected chi connectivity index (χ4v) is 0.976. The van der Waals surface area contributed by atoms with Gasteiger partial charge in [0.1, 0.15) is 0 Å². The highest BCUT2D eigenvalue weighted by Crippen LogP contribution is 1.93. The molecular weight excluding hydrogens is 186 g/mol. The van der Waals surface area contributed by atoms with Crippen molar-refractivity contribution in [1.29, 1.82) is 0 Å². The molecule has 0 aliphatic heterocycles. The highest BCUT2D eigenvalue weighted by molar-refractivity contribution is 5.87. The van der Waals surface area contributed by atoms with Crippen LogP contribution in [-0.4, -0.2) is 12.5 Å². The Balaban J connectivity index is 3.49. The third-order valence-electron chi connectivity index (χ3n) is 1.76. The predicted molar refractivity (Wildman–Crippen MR) is 65.6 cm³/mol. The number of carbonyl (C=O) groups is 1. The quantitative estimate of drug-likeness (QED) is 0.388. The van der Waals surface area contributed by atoms with Crippen LogP contribution in [0.2, 0.25) is 0 Å². The summed E-state index contributed by atoms with van der Waals surface area (Å²) in [4.78, 5) is 11.1. The van der Waals surface area contributed by atoms with Crippen molar-refractivity contribution in [3.05, 3.63) is 36.5 Å². The van der Waals surface area contributed by atoms with Gasteiger partial charge in [0.25, 0.3) is 0 Å². The van der Waals surface area contributed by atoms with E-state index >= 15 is 0 Å². The van der Waals surface area contributed by atoms with Gasteiger partial charge in [0.2, 0.25) is 5.91 Å². The van der Waals surface area contributed by atoms with Crippen molar-refractivity contribution >= 4 is 5.91 Å². The first-order chi connectivity index (χ1) is 7.31. The molecule has 0 radical (unpaired) electrons. The minimum Gasteiger partial charge on any atom is -0.353 e. The van der Waals surface area contributed by atoms with E-state index in [1.807, 2.05) is 38.2 Å². The van der Waals surface area contributed by atoms with E-state index in [0.717, 1.165) is 25.8 Å². The first-order valence-electron chi connectivity index (χ1n) is 5.53. The molecule has 0 atom stereocenters. The van der Waals surface area contributed by atoms with E-state index in [9.17, 15) is 4.79 Å². The topological polar surface area (TPSA) is 29.1 Å². The molecule has 0 fully saturated rings. The van der Waals surface area contributed by atoms with Crippen molar-refractivity contribution in [2.45, 2.75) is 33.1 Å². The van der Waals surface area contributed by atoms with Crippen molar-refractivity contribution in [1.82, 2.24) is 5.32 Å². The maximum atomic E-state index is 11.1. The van der Waals surface area contributed by atoms with Gasteiger partial charge in [0.05, 0.1) is 0 Å². The Morgan fingerprint density at radius 1 is 1.20 bits per heavy atom. The third-order valence-corrected chi connectivity index (χ3v) is 1.76. The van der Waals surface area contributed by atoms with Crippen molar-refractivity contribution < 1.29 is 4.79 Å². The number of rotatable bonds is 7. The normalized spacial score (nSPS) is 11.9. The molecule has 0 saturated carbocycles. The number of unbranched alkanes of at least 4 members (excludes halogenated alkanes) is 1. The summed E-state index contributed by atoms with van der Waals surface area (Å²) in [5, 5.41) is 2.79. The van der Waals surface area contributed by atoms with E-state index in [1.165, 1.54) is 0 Å². The van der Waals surface area contributed by atoms with Crippen LogP contribution in [0.4, 0.5) is 0 Å². The van der Waals surface area contributed by atoms with Crippen LogP contribution in [0.25, 0.3) is 0 Å². The van der Waals surface area contributed by atoms with Gasteiger partial charge in [-0.25, -0.2) is 0 Å². The lowest BCUT2D eigenvalue weighted by atomic mass is 10.2. The molecule has 0 bridgehead atoms. The Bertz CT molecular complexity index is 239. The molecule has 0 spiro atoms. The zero-order valence-electron chi connectivity index (χ0n) is 9.70. The summed E-state index contributed by atoms with van der Waals surface area (Å²) < 4.78 is 0. The number of allylic oxidation sites excluding steroid dienone is 5. The van der Waals surface area contributed by atoms with E-state index in [-0.39, 0.29) is 5.91 Å². The van der Waals surface area contributed by atoms with Crippen LogP contribution >= 0.6 is 0 Å². The van der Waals surface area contributed by atoms with Crippen molar-refractivity contribution in [2.24, 2.45) is 0 Å². The van der Waals surface area contributed by atoms with Crippen LogP contribution in [-0.2, 0) is 4.79 Å². The Hall–Kier alpha value is -1.31. The smallest absolute Gasteiger partial charge is 0.243 e. The van der Waals surface area contributed by atoms with Gasteiger partial charge >= 0.3 is 0 Å². The van der Waals surface area contributed by atoms with Gasteiger partial charge < -0.3 is 5.32 Å². The second kappa shape index (κ2) is 10.8. The summed E-state index contributed by atoms with van der Waals surface area (Å²) in [6.45, 7) is 4.78. The lowest BCUT2D eigenvalue weighted by Crippen LogP contribution is -2.21. The fourth-order valence-electron chi connectivity index (χ4n) is 0.976. The highest BCUT2D eigenvalue weighted by Gasteiger charge is 1.90. The van der Waals surface area contributed by atoms with E-state index < -0.39 is 0 Å². The molecule has 0 aromatic carbocycles. The highest BCUT2D eigenvalue weighted by atomic mass is 16.1. The van der Waals surface area contributed by atoms with E-state index in [0.29, 0.717) is 0 Å². The summed E-state index contributed by atoms with van der Waals surface area (Å²) in [7, 11) is 0. The second-order valence-electron chi connectivity index (χ2n) is 3.22. The van der Waals surface area contributed by atoms with Gasteiger partial charge in [0.15, 0.2) is 0 Å². The standard InChI is InChI=1S/C13H21NO/c1-3-5-6-7-8-9-10-11-13(15)14-12-4-2/h3,5-7,10-11H,4,8-9,12H2,1-2H3,(H,14,15). The summed E-state index contributed by atoms with van der Waals surface area (Å²) in [5.74, 6) is 0.00860. The average Bonchev–Trinajstić information content (AvgIpc) is 2.25. The van der Waals surface area contributed by atoms with Gasteiger partial charge in [-0.15, -0.1) is 0 Å². The summed E-state index contributed by atoms with van der Waals surface area (Å²) in [6.07, 6.45) is 14.5. The lowest BCUT2D eigenvalue weighted by molar-refractivity contribution is -0.116. The molecule has 0 saturated heterocycles. The largest absolute Gasteiger partial charge is 0.353 e. The zero-order valence-corrected chi connectivity index (χ0v) is 9.70. The Kier molecular flexibility index (Phi) is 9.83. The molecule has 2 nitrogen and oxygen atoms in total. The van der Waals surface area contributed by atoms with E-state index in [2.05, 4.69) is 11.4 Å². The number of amides is 1. The van der Waals surface area contributed by atoms with Crippen LogP contribution in [0, 0.1) is 0 Å². The second-order valence-corrected chi connectivity index (χ2v) is 3.22. The molecule has 84 valence electrons. The van der Waals surface area contributed by atoms with Crippen molar-refractivity contribution in [2.75, 3.05) is 6.54 Å². The molecule has 0 rings (SSSR count). The number of nitrogens with one attached hydrogen (secondary N) is 1. The lowest BCUT2D eigenvalue weighted by Gasteiger charge is -1.96. The minimum atomic E-state index is 0.00860. The first-order valence-corrected chi connectivity index (χ1v) is 5.53. The van der Waals surface area contributed by atoms with Crippen molar-refractivity contribution in [3.63, 3.8) is 0 Å². The minimum absolute atomic E-state index is 0.00860. The molecule has 1 N–H and O–H groups in total. The predicted octanol–water partition coefficient (Wildman–Crippen LogP) is 2.98. The van der Waals surface area contributed by atoms with Gasteiger partial charge in [-0.2, -0.15) is 0 Å². The molecule has 0 aromatic heterocycles. The molecule has 2 heteroatoms. The van der Waals surface area contributed by atoms with Crippen LogP contribution < -0.4 is 5.32 Å². The van der Waals surface area contributed by atoms with Crippen LogP contribution in [0.3, 0.4) is 0 Å². The fraction of sp³-hybridized carbons (Fsp3) is 0.462. The maximum absolute atomic E-state index is 11.1. The summed E-state index contributed by atoms with van der Waals surface area (Å²) in [5.41, 5.74) is 0. The van der Waals surface area contributed by atoms with Gasteiger partial charge in [-0.05, 0) is 32.3 Å². The first kappa shape index (κ1) is 13.7. The maximum Gasteiger partial charge on any atom is 0.243 e. The molecule has 0 aromatic rings. The molecular formula is C13H21NO. The molecule has 0 aliphatic rings. The van der Waals surface area contributed by atoms with Gasteiger partial charge in [0, 0.05) is 6.54 Å². The van der Waals surface area contributed by atoms with Crippen LogP contribution in [0.15, 0.2) is 36.5 Å². The number of hydrogen-bond donors (Lipinski definition) is 1. The summed E-state index contributed by atoms with van der Waals surface area (Å²) in [6, 6.07) is 0. The van der Waals surface area contributed by atoms with Crippen LogP contribution in [0.5, 0.6) is 0 Å². The monoisotopic (exact) mass is 207 g/mol. The zero-order chi connectivity index (χ0) is 11.4. The van der Waals surface area contributed by atoms with Crippen molar-refractivity contribution in [3.8, 4) is 0 Å². The molecule has 1 amide bonds. The molecule has 0 unspecified atom stereocenters. The molecule has 0 heterocycles. The summed E-state index contributed by atoms with van der Waals surface area (Å²) >= 11 is 0. The Labute approximate surface area is 92.8 Å². The SMILES string of the molecule is CC=CC=CCCC=CC(=O)NCCC. The average molecular weight is 207 g/mol. The molecule has 15 heavy (non-hydrogen) atoms. The Morgan fingerprint density at radius 2 is 1.93 bits per heavy atom. The van der Waals surface area contributed by atoms with Gasteiger partial charge in [-0.3, -0.25) is 4.79 Å². The number of carbonyl (C=O) groups excluding carboxylic acids is 1. The number of hydrogen-bond acceptors (Lipinski definition) is 1. The van der Waals surface area contributed by atoms with Gasteiger partial charge in [-0.1, -0.05) is 37.3 Å². The molecule has 0 aliphatic carbocycles. The third kappa shape index (κ3) is 10.6.